The van der Waals surface area contributed by atoms with Crippen LogP contribution in [0.25, 0.3) is 0 Å². The molecule has 1 fully saturated rings. The molecule has 18 heteroatoms. The molecule has 0 bridgehead atoms. The summed E-state index contributed by atoms with van der Waals surface area (Å²) < 4.78 is 54.7. The Morgan fingerprint density at radius 2 is 1.08 bits per heavy atom. The van der Waals surface area contributed by atoms with Crippen LogP contribution in [0.1, 0.15) is 85.4 Å². The normalized spacial score (nSPS) is 15.2. The monoisotopic (exact) mass is 853 g/mol. The summed E-state index contributed by atoms with van der Waals surface area (Å²) in [5.41, 5.74) is 0.900. The fourth-order valence-electron chi connectivity index (χ4n) is 6.12. The van der Waals surface area contributed by atoms with Crippen LogP contribution in [-0.2, 0) is 61.8 Å². The van der Waals surface area contributed by atoms with Gasteiger partial charge < -0.3 is 52.7 Å². The fourth-order valence-corrected chi connectivity index (χ4v) is 6.12. The van der Waals surface area contributed by atoms with E-state index < -0.39 is 29.7 Å². The van der Waals surface area contributed by atoms with Gasteiger partial charge in [-0.05, 0) is 25.0 Å². The number of hydrogen-bond acceptors (Lipinski definition) is 16. The smallest absolute Gasteiger partial charge is 0.305 e. The first-order chi connectivity index (χ1) is 29.4. The number of imide groups is 2. The molecule has 0 saturated carbocycles. The van der Waals surface area contributed by atoms with Crippen LogP contribution in [0.15, 0.2) is 18.2 Å². The van der Waals surface area contributed by atoms with Gasteiger partial charge in [-0.25, -0.2) is 0 Å². The molecule has 3 rings (SSSR count). The van der Waals surface area contributed by atoms with Gasteiger partial charge in [-0.2, -0.15) is 0 Å². The van der Waals surface area contributed by atoms with Crippen LogP contribution in [0.4, 0.5) is 5.69 Å². The zero-order valence-electron chi connectivity index (χ0n) is 35.4. The third kappa shape index (κ3) is 21.3. The quantitative estimate of drug-likeness (QED) is 0.0555. The van der Waals surface area contributed by atoms with Crippen molar-refractivity contribution in [2.24, 2.45) is 0 Å². The van der Waals surface area contributed by atoms with E-state index in [-0.39, 0.29) is 36.5 Å². The SMILES string of the molecule is CCCCCCCCC(=O)OCCOCCOCCOCCOCCOCCOCCOCCOCCOCCNc1cccc2c1C(=O)N(C1CCC(=O)NC1=O)C2=O. The number of fused-ring (bicyclic) bond motifs is 1. The van der Waals surface area contributed by atoms with Crippen LogP contribution < -0.4 is 10.6 Å². The molecular weight excluding hydrogens is 786 g/mol. The summed E-state index contributed by atoms with van der Waals surface area (Å²) in [6.45, 7) is 10.6. The zero-order valence-corrected chi connectivity index (χ0v) is 35.4. The molecule has 1 aromatic carbocycles. The van der Waals surface area contributed by atoms with E-state index in [2.05, 4.69) is 17.6 Å². The number of ether oxygens (including phenoxy) is 10. The largest absolute Gasteiger partial charge is 0.463 e. The number of nitrogens with zero attached hydrogens (tertiary/aromatic N) is 1. The lowest BCUT2D eigenvalue weighted by Gasteiger charge is -2.27. The summed E-state index contributed by atoms with van der Waals surface area (Å²) in [5, 5.41) is 5.33. The van der Waals surface area contributed by atoms with Crippen LogP contribution in [0.3, 0.4) is 0 Å². The number of carbonyl (C=O) groups is 5. The molecule has 2 aliphatic rings. The van der Waals surface area contributed by atoms with Crippen molar-refractivity contribution in [3.05, 3.63) is 29.3 Å². The first-order valence-electron chi connectivity index (χ1n) is 21.4. The van der Waals surface area contributed by atoms with Gasteiger partial charge in [-0.15, -0.1) is 0 Å². The van der Waals surface area contributed by atoms with E-state index in [4.69, 9.17) is 47.4 Å². The fraction of sp³-hybridized carbons (Fsp3) is 0.738. The molecule has 2 aliphatic heterocycles. The average Bonchev–Trinajstić information content (AvgIpc) is 3.50. The molecule has 0 radical (unpaired) electrons. The minimum Gasteiger partial charge on any atom is -0.463 e. The van der Waals surface area contributed by atoms with Gasteiger partial charge in [0.15, 0.2) is 0 Å². The summed E-state index contributed by atoms with van der Waals surface area (Å²) in [4.78, 5) is 62.6. The number of carbonyl (C=O) groups excluding carboxylic acids is 5. The highest BCUT2D eigenvalue weighted by molar-refractivity contribution is 6.25. The second-order valence-corrected chi connectivity index (χ2v) is 13.9. The lowest BCUT2D eigenvalue weighted by atomic mass is 10.0. The maximum atomic E-state index is 13.2. The summed E-state index contributed by atoms with van der Waals surface area (Å²) >= 11 is 0. The molecular formula is C42H67N3O15. The Balaban J connectivity index is 0.986. The zero-order chi connectivity index (χ0) is 42.9. The van der Waals surface area contributed by atoms with Crippen molar-refractivity contribution < 1.29 is 71.3 Å². The number of rotatable bonds is 39. The molecule has 1 unspecified atom stereocenters. The Hall–Kier alpha value is -3.59. The Labute approximate surface area is 353 Å². The molecule has 1 saturated heterocycles. The standard InChI is InChI=1S/C42H67N3O15/c1-2-3-4-5-6-7-11-38(47)60-33-32-59-31-30-58-29-28-57-27-26-56-25-24-55-23-22-54-21-20-53-19-18-52-17-16-51-15-14-43-35-10-8-9-34-39(35)42(50)45(41(34)49)36-12-13-37(46)44-40(36)48/h8-10,36,43H,2-7,11-33H2,1H3,(H,44,46,48). The molecule has 2 N–H and O–H groups in total. The Bertz CT molecular complexity index is 1380. The number of benzene rings is 1. The van der Waals surface area contributed by atoms with Crippen molar-refractivity contribution in [2.45, 2.75) is 70.8 Å². The van der Waals surface area contributed by atoms with E-state index >= 15 is 0 Å². The van der Waals surface area contributed by atoms with E-state index in [0.717, 1.165) is 17.7 Å². The van der Waals surface area contributed by atoms with Gasteiger partial charge in [0.2, 0.25) is 11.8 Å². The van der Waals surface area contributed by atoms with E-state index in [1.54, 1.807) is 18.2 Å². The number of anilines is 1. The minimum atomic E-state index is -1.01. The van der Waals surface area contributed by atoms with E-state index in [9.17, 15) is 24.0 Å². The predicted molar refractivity (Wildman–Crippen MR) is 218 cm³/mol. The highest BCUT2D eigenvalue weighted by Gasteiger charge is 2.45. The van der Waals surface area contributed by atoms with Crippen molar-refractivity contribution in [1.29, 1.82) is 0 Å². The second-order valence-electron chi connectivity index (χ2n) is 13.9. The molecule has 0 spiro atoms. The highest BCUT2D eigenvalue weighted by atomic mass is 16.6. The molecule has 1 atom stereocenters. The summed E-state index contributed by atoms with van der Waals surface area (Å²) in [6.07, 6.45) is 7.50. The van der Waals surface area contributed by atoms with Gasteiger partial charge in [-0.3, -0.25) is 34.2 Å². The van der Waals surface area contributed by atoms with Crippen LogP contribution in [0, 0.1) is 0 Å². The minimum absolute atomic E-state index is 0.0634. The number of hydrogen-bond donors (Lipinski definition) is 2. The van der Waals surface area contributed by atoms with Gasteiger partial charge in [0, 0.05) is 25.1 Å². The van der Waals surface area contributed by atoms with Crippen molar-refractivity contribution >= 4 is 35.3 Å². The Morgan fingerprint density at radius 1 is 0.617 bits per heavy atom. The van der Waals surface area contributed by atoms with Crippen molar-refractivity contribution in [2.75, 3.05) is 137 Å². The van der Waals surface area contributed by atoms with Crippen molar-refractivity contribution in [3.63, 3.8) is 0 Å². The van der Waals surface area contributed by atoms with Crippen LogP contribution >= 0.6 is 0 Å². The topological polar surface area (TPSA) is 205 Å². The maximum Gasteiger partial charge on any atom is 0.305 e. The first kappa shape index (κ1) is 50.8. The Morgan fingerprint density at radius 3 is 1.58 bits per heavy atom. The van der Waals surface area contributed by atoms with Gasteiger partial charge in [0.1, 0.15) is 12.6 Å². The van der Waals surface area contributed by atoms with Crippen LogP contribution in [0.5, 0.6) is 0 Å². The van der Waals surface area contributed by atoms with E-state index in [1.807, 2.05) is 0 Å². The molecule has 2 heterocycles. The highest BCUT2D eigenvalue weighted by Crippen LogP contribution is 2.32. The molecule has 0 aromatic heterocycles. The Kier molecular flexibility index (Phi) is 28.0. The van der Waals surface area contributed by atoms with E-state index in [0.29, 0.717) is 138 Å². The maximum absolute atomic E-state index is 13.2. The van der Waals surface area contributed by atoms with Gasteiger partial charge in [0.05, 0.1) is 130 Å². The summed E-state index contributed by atoms with van der Waals surface area (Å²) in [6, 6.07) is 3.90. The third-order valence-corrected chi connectivity index (χ3v) is 9.23. The number of amides is 4. The predicted octanol–water partition coefficient (Wildman–Crippen LogP) is 2.94. The van der Waals surface area contributed by atoms with Crippen molar-refractivity contribution in [3.8, 4) is 0 Å². The van der Waals surface area contributed by atoms with Gasteiger partial charge in [0.25, 0.3) is 11.8 Å². The summed E-state index contributed by atoms with van der Waals surface area (Å²) in [7, 11) is 0. The second kappa shape index (κ2) is 33.1. The van der Waals surface area contributed by atoms with Gasteiger partial charge in [-0.1, -0.05) is 45.1 Å². The number of unbranched alkanes of at least 4 members (excludes halogenated alkanes) is 5. The number of nitrogens with one attached hydrogen (secondary N) is 2. The molecule has 4 amide bonds. The molecule has 18 nitrogen and oxygen atoms in total. The molecule has 0 aliphatic carbocycles. The van der Waals surface area contributed by atoms with Gasteiger partial charge >= 0.3 is 5.97 Å². The van der Waals surface area contributed by atoms with Crippen molar-refractivity contribution in [1.82, 2.24) is 10.2 Å². The van der Waals surface area contributed by atoms with E-state index in [1.165, 1.54) is 25.7 Å². The molecule has 60 heavy (non-hydrogen) atoms. The number of piperidine rings is 1. The first-order valence-corrected chi connectivity index (χ1v) is 21.4. The average molecular weight is 854 g/mol. The summed E-state index contributed by atoms with van der Waals surface area (Å²) in [5.74, 6) is -2.33. The molecule has 340 valence electrons. The lowest BCUT2D eigenvalue weighted by Crippen LogP contribution is -2.54. The van der Waals surface area contributed by atoms with Crippen LogP contribution in [-0.4, -0.2) is 173 Å². The molecule has 1 aromatic rings. The third-order valence-electron chi connectivity index (χ3n) is 9.23. The van der Waals surface area contributed by atoms with Crippen LogP contribution in [0.2, 0.25) is 0 Å². The number of esters is 1. The lowest BCUT2D eigenvalue weighted by molar-refractivity contribution is -0.145.